The Hall–Kier alpha value is -3.59. The minimum absolute atomic E-state index is 0.658. The van der Waals surface area contributed by atoms with Crippen LogP contribution in [-0.2, 0) is 4.79 Å². The lowest BCUT2D eigenvalue weighted by molar-refractivity contribution is -0.137. The summed E-state index contributed by atoms with van der Waals surface area (Å²) < 4.78 is 0. The molecule has 0 amide bonds. The summed E-state index contributed by atoms with van der Waals surface area (Å²) in [5, 5.41) is 12.3. The van der Waals surface area contributed by atoms with Gasteiger partial charge in [0.05, 0.1) is 11.4 Å². The first-order valence-electron chi connectivity index (χ1n) is 8.93. The minimum atomic E-state index is -0.826. The Morgan fingerprint density at radius 3 is 1.89 bits per heavy atom. The maximum Gasteiger partial charge on any atom is 0.315 e. The van der Waals surface area contributed by atoms with Crippen molar-refractivity contribution in [3.8, 4) is 0 Å². The van der Waals surface area contributed by atoms with Crippen molar-refractivity contribution in [1.29, 1.82) is 0 Å². The highest BCUT2D eigenvalue weighted by Gasteiger charge is 2.35. The highest BCUT2D eigenvalue weighted by atomic mass is 16.4. The molecule has 1 heterocycles. The number of carbonyl (C=O) groups is 1. The third-order valence-electron chi connectivity index (χ3n) is 5.22. The Morgan fingerprint density at radius 1 is 0.704 bits per heavy atom. The Morgan fingerprint density at radius 2 is 1.26 bits per heavy atom. The highest BCUT2D eigenvalue weighted by Crippen LogP contribution is 2.49. The van der Waals surface area contributed by atoms with Gasteiger partial charge in [-0.05, 0) is 46.2 Å². The second-order valence-corrected chi connectivity index (χ2v) is 6.76. The predicted octanol–water partition coefficient (Wildman–Crippen LogP) is 5.84. The third kappa shape index (κ3) is 2.40. The smallest absolute Gasteiger partial charge is 0.315 e. The molecule has 0 spiro atoms. The fourth-order valence-corrected chi connectivity index (χ4v) is 4.03. The largest absolute Gasteiger partial charge is 0.481 e. The quantitative estimate of drug-likeness (QED) is 0.493. The zero-order valence-corrected chi connectivity index (χ0v) is 14.5. The molecule has 27 heavy (non-hydrogen) atoms. The summed E-state index contributed by atoms with van der Waals surface area (Å²) in [4.78, 5) is 14.2. The van der Waals surface area contributed by atoms with E-state index in [4.69, 9.17) is 0 Å². The summed E-state index contributed by atoms with van der Waals surface area (Å²) in [5.41, 5.74) is 4.49. The lowest BCUT2D eigenvalue weighted by Gasteiger charge is -2.36. The molecule has 1 N–H and O–H groups in total. The maximum atomic E-state index is 12.1. The number of carboxylic acids is 1. The number of hydrogen-bond donors (Lipinski definition) is 1. The van der Waals surface area contributed by atoms with Gasteiger partial charge in [-0.2, -0.15) is 0 Å². The Kier molecular flexibility index (Phi) is 3.47. The van der Waals surface area contributed by atoms with Crippen LogP contribution in [0, 0.1) is 0 Å². The monoisotopic (exact) mass is 351 g/mol. The normalized spacial score (nSPS) is 13.3. The summed E-state index contributed by atoms with van der Waals surface area (Å²) in [7, 11) is 0. The van der Waals surface area contributed by atoms with Gasteiger partial charge in [-0.15, -0.1) is 0 Å². The molecule has 5 rings (SSSR count). The van der Waals surface area contributed by atoms with Gasteiger partial charge in [0.25, 0.3) is 0 Å². The molecule has 1 aliphatic rings. The minimum Gasteiger partial charge on any atom is -0.481 e. The third-order valence-corrected chi connectivity index (χ3v) is 5.22. The van der Waals surface area contributed by atoms with Crippen LogP contribution in [-0.4, -0.2) is 11.1 Å². The summed E-state index contributed by atoms with van der Waals surface area (Å²) in [6, 6.07) is 30.2. The number of aliphatic carboxylic acids is 1. The molecule has 0 radical (unpaired) electrons. The van der Waals surface area contributed by atoms with E-state index in [9.17, 15) is 9.90 Å². The topological polar surface area (TPSA) is 40.5 Å². The number of rotatable bonds is 2. The molecule has 0 atom stereocenters. The first kappa shape index (κ1) is 15.6. The van der Waals surface area contributed by atoms with Crippen LogP contribution in [0.4, 0.5) is 17.1 Å². The van der Waals surface area contributed by atoms with E-state index in [0.29, 0.717) is 0 Å². The number of nitrogens with zero attached hydrogens (tertiary/aromatic N) is 1. The van der Waals surface area contributed by atoms with Crippen LogP contribution in [0.1, 0.15) is 17.0 Å². The first-order chi connectivity index (χ1) is 13.2. The second kappa shape index (κ2) is 5.99. The van der Waals surface area contributed by atoms with Gasteiger partial charge in [0.15, 0.2) is 0 Å². The fraction of sp³-hybridized carbons (Fsp3) is 0.0417. The second-order valence-electron chi connectivity index (χ2n) is 6.76. The van der Waals surface area contributed by atoms with Crippen molar-refractivity contribution in [2.75, 3.05) is 4.90 Å². The van der Waals surface area contributed by atoms with Gasteiger partial charge >= 0.3 is 5.97 Å². The van der Waals surface area contributed by atoms with Crippen LogP contribution in [0.25, 0.3) is 10.8 Å². The van der Waals surface area contributed by atoms with Crippen LogP contribution < -0.4 is 4.90 Å². The SMILES string of the molecule is O=C(O)C1c2ccccc2N(c2ccc3ccccc3c2)c2ccccc21. The standard InChI is InChI=1S/C24H17NO2/c26-24(27)23-19-9-3-5-11-21(19)25(22-12-6-4-10-20(22)23)18-14-13-16-7-1-2-8-17(16)15-18/h1-15,23H,(H,26,27). The number of fused-ring (bicyclic) bond motifs is 3. The number of hydrogen-bond acceptors (Lipinski definition) is 2. The van der Waals surface area contributed by atoms with Crippen molar-refractivity contribution < 1.29 is 9.90 Å². The van der Waals surface area contributed by atoms with Crippen LogP contribution in [0.15, 0.2) is 91.0 Å². The van der Waals surface area contributed by atoms with Crippen molar-refractivity contribution in [2.45, 2.75) is 5.92 Å². The molecular formula is C24H17NO2. The molecule has 3 nitrogen and oxygen atoms in total. The summed E-state index contributed by atoms with van der Waals surface area (Å²) in [6.07, 6.45) is 0. The Bertz CT molecular complexity index is 1130. The molecule has 1 aliphatic heterocycles. The van der Waals surface area contributed by atoms with E-state index in [1.165, 1.54) is 5.39 Å². The summed E-state index contributed by atoms with van der Waals surface area (Å²) in [5.74, 6) is -1.48. The number of carboxylic acid groups (broad SMARTS) is 1. The van der Waals surface area contributed by atoms with Gasteiger partial charge in [0, 0.05) is 5.69 Å². The molecule has 0 aromatic heterocycles. The van der Waals surface area contributed by atoms with Crippen molar-refractivity contribution in [3.05, 3.63) is 102 Å². The summed E-state index contributed by atoms with van der Waals surface area (Å²) >= 11 is 0. The highest BCUT2D eigenvalue weighted by molar-refractivity contribution is 5.96. The van der Waals surface area contributed by atoms with E-state index >= 15 is 0 Å². The Balaban J connectivity index is 1.79. The van der Waals surface area contributed by atoms with Crippen molar-refractivity contribution in [2.24, 2.45) is 0 Å². The molecule has 0 unspecified atom stereocenters. The van der Waals surface area contributed by atoms with Crippen LogP contribution in [0.2, 0.25) is 0 Å². The zero-order valence-electron chi connectivity index (χ0n) is 14.5. The summed E-state index contributed by atoms with van der Waals surface area (Å²) in [6.45, 7) is 0. The van der Waals surface area contributed by atoms with E-state index in [-0.39, 0.29) is 0 Å². The van der Waals surface area contributed by atoms with Gasteiger partial charge < -0.3 is 10.0 Å². The van der Waals surface area contributed by atoms with Gasteiger partial charge in [0.2, 0.25) is 0 Å². The number of benzene rings is 4. The van der Waals surface area contributed by atoms with E-state index in [1.54, 1.807) is 0 Å². The van der Waals surface area contributed by atoms with Gasteiger partial charge in [-0.1, -0.05) is 66.7 Å². The van der Waals surface area contributed by atoms with E-state index in [1.807, 2.05) is 60.7 Å². The predicted molar refractivity (Wildman–Crippen MR) is 108 cm³/mol. The van der Waals surface area contributed by atoms with Gasteiger partial charge in [-0.25, -0.2) is 0 Å². The molecule has 0 aliphatic carbocycles. The van der Waals surface area contributed by atoms with Crippen LogP contribution in [0.3, 0.4) is 0 Å². The molecule has 0 saturated carbocycles. The average molecular weight is 351 g/mol. The lowest BCUT2D eigenvalue weighted by Crippen LogP contribution is -2.25. The van der Waals surface area contributed by atoms with Crippen molar-refractivity contribution in [1.82, 2.24) is 0 Å². The number of para-hydroxylation sites is 2. The average Bonchev–Trinajstić information content (AvgIpc) is 2.71. The maximum absolute atomic E-state index is 12.1. The molecule has 0 saturated heterocycles. The van der Waals surface area contributed by atoms with E-state index < -0.39 is 11.9 Å². The molecule has 0 fully saturated rings. The number of anilines is 3. The first-order valence-corrected chi connectivity index (χ1v) is 8.93. The van der Waals surface area contributed by atoms with Gasteiger partial charge in [0.1, 0.15) is 5.92 Å². The van der Waals surface area contributed by atoms with Crippen molar-refractivity contribution >= 4 is 33.8 Å². The molecule has 0 bridgehead atoms. The molecular weight excluding hydrogens is 334 g/mol. The van der Waals surface area contributed by atoms with E-state index in [2.05, 4.69) is 35.2 Å². The van der Waals surface area contributed by atoms with Crippen LogP contribution in [0.5, 0.6) is 0 Å². The van der Waals surface area contributed by atoms with E-state index in [0.717, 1.165) is 33.6 Å². The molecule has 3 heteroatoms. The fourth-order valence-electron chi connectivity index (χ4n) is 4.03. The Labute approximate surface area is 157 Å². The lowest BCUT2D eigenvalue weighted by atomic mass is 9.84. The molecule has 4 aromatic carbocycles. The zero-order chi connectivity index (χ0) is 18.4. The van der Waals surface area contributed by atoms with Gasteiger partial charge in [-0.3, -0.25) is 4.79 Å². The molecule has 130 valence electrons. The van der Waals surface area contributed by atoms with Crippen molar-refractivity contribution in [3.63, 3.8) is 0 Å². The van der Waals surface area contributed by atoms with Crippen LogP contribution >= 0.6 is 0 Å². The molecule has 4 aromatic rings.